The van der Waals surface area contributed by atoms with E-state index in [1.165, 1.54) is 12.8 Å². The van der Waals surface area contributed by atoms with Crippen LogP contribution in [0.2, 0.25) is 0 Å². The second kappa shape index (κ2) is 3.61. The summed E-state index contributed by atoms with van der Waals surface area (Å²) in [5.74, 6) is 2.08. The lowest BCUT2D eigenvalue weighted by Gasteiger charge is -2.03. The number of aromatic amines is 1. The summed E-state index contributed by atoms with van der Waals surface area (Å²) >= 11 is 0. The summed E-state index contributed by atoms with van der Waals surface area (Å²) in [6, 6.07) is 0. The maximum atomic E-state index is 11.8. The van der Waals surface area contributed by atoms with Gasteiger partial charge in [-0.2, -0.15) is 0 Å². The van der Waals surface area contributed by atoms with Crippen LogP contribution in [-0.4, -0.2) is 15.9 Å². The van der Waals surface area contributed by atoms with Crippen molar-refractivity contribution in [3.05, 3.63) is 17.7 Å². The fraction of sp³-hybridized carbons (Fsp3) is 0.667. The highest BCUT2D eigenvalue weighted by Gasteiger charge is 2.50. The molecule has 0 bridgehead atoms. The summed E-state index contributed by atoms with van der Waals surface area (Å²) in [6.45, 7) is 2.53. The summed E-state index contributed by atoms with van der Waals surface area (Å²) in [6.07, 6.45) is 5.46. The summed E-state index contributed by atoms with van der Waals surface area (Å²) in [4.78, 5) is 19.0. The molecule has 1 aromatic heterocycles. The molecule has 2 unspecified atom stereocenters. The SMILES string of the molecule is Cc1[nH]cnc1CNC(=O)C1CC1C1CC1. The Labute approximate surface area is 94.8 Å². The van der Waals surface area contributed by atoms with Gasteiger partial charge in [0.15, 0.2) is 0 Å². The minimum absolute atomic E-state index is 0.222. The molecule has 2 aliphatic carbocycles. The average molecular weight is 219 g/mol. The number of carbonyl (C=O) groups is 1. The van der Waals surface area contributed by atoms with Crippen molar-refractivity contribution in [2.45, 2.75) is 32.7 Å². The lowest BCUT2D eigenvalue weighted by atomic mass is 10.2. The molecule has 1 aromatic rings. The van der Waals surface area contributed by atoms with Crippen LogP contribution < -0.4 is 5.32 Å². The minimum atomic E-state index is 0.222. The molecule has 2 fully saturated rings. The third-order valence-corrected chi connectivity index (χ3v) is 3.77. The van der Waals surface area contributed by atoms with E-state index < -0.39 is 0 Å². The molecule has 1 heterocycles. The number of rotatable bonds is 4. The van der Waals surface area contributed by atoms with E-state index in [9.17, 15) is 4.79 Å². The third-order valence-electron chi connectivity index (χ3n) is 3.77. The molecule has 3 rings (SSSR count). The Morgan fingerprint density at radius 3 is 3.06 bits per heavy atom. The summed E-state index contributed by atoms with van der Waals surface area (Å²) < 4.78 is 0. The van der Waals surface area contributed by atoms with E-state index in [0.29, 0.717) is 18.4 Å². The van der Waals surface area contributed by atoms with E-state index in [1.807, 2.05) is 6.92 Å². The number of hydrogen-bond acceptors (Lipinski definition) is 2. The van der Waals surface area contributed by atoms with Gasteiger partial charge in [-0.25, -0.2) is 4.98 Å². The molecule has 86 valence electrons. The van der Waals surface area contributed by atoms with Crippen molar-refractivity contribution < 1.29 is 4.79 Å². The third kappa shape index (κ3) is 1.84. The van der Waals surface area contributed by atoms with E-state index in [4.69, 9.17) is 0 Å². The van der Waals surface area contributed by atoms with Crippen LogP contribution in [0.3, 0.4) is 0 Å². The first-order chi connectivity index (χ1) is 7.75. The first-order valence-electron chi connectivity index (χ1n) is 6.02. The number of imidazole rings is 1. The van der Waals surface area contributed by atoms with Gasteiger partial charge in [-0.15, -0.1) is 0 Å². The Balaban J connectivity index is 1.49. The number of nitrogens with one attached hydrogen (secondary N) is 2. The zero-order chi connectivity index (χ0) is 11.1. The smallest absolute Gasteiger partial charge is 0.223 e. The van der Waals surface area contributed by atoms with Crippen molar-refractivity contribution >= 4 is 5.91 Å². The van der Waals surface area contributed by atoms with Crippen LogP contribution in [0.15, 0.2) is 6.33 Å². The van der Waals surface area contributed by atoms with Crippen LogP contribution in [0.25, 0.3) is 0 Å². The van der Waals surface area contributed by atoms with Crippen molar-refractivity contribution in [2.24, 2.45) is 17.8 Å². The Bertz CT molecular complexity index is 408. The number of H-pyrrole nitrogens is 1. The van der Waals surface area contributed by atoms with E-state index in [1.54, 1.807) is 6.33 Å². The monoisotopic (exact) mass is 219 g/mol. The van der Waals surface area contributed by atoms with Gasteiger partial charge in [0.1, 0.15) is 0 Å². The van der Waals surface area contributed by atoms with E-state index >= 15 is 0 Å². The normalized spacial score (nSPS) is 27.8. The Morgan fingerprint density at radius 2 is 2.44 bits per heavy atom. The highest BCUT2D eigenvalue weighted by atomic mass is 16.2. The van der Waals surface area contributed by atoms with Gasteiger partial charge >= 0.3 is 0 Å². The zero-order valence-corrected chi connectivity index (χ0v) is 9.49. The van der Waals surface area contributed by atoms with Crippen LogP contribution in [0.5, 0.6) is 0 Å². The molecule has 4 heteroatoms. The molecular weight excluding hydrogens is 202 g/mol. The second-order valence-corrected chi connectivity index (χ2v) is 5.04. The first kappa shape index (κ1) is 9.87. The molecule has 0 radical (unpaired) electrons. The fourth-order valence-corrected chi connectivity index (χ4v) is 2.43. The predicted octanol–water partition coefficient (Wildman–Crippen LogP) is 1.38. The van der Waals surface area contributed by atoms with Gasteiger partial charge in [0, 0.05) is 11.6 Å². The zero-order valence-electron chi connectivity index (χ0n) is 9.49. The minimum Gasteiger partial charge on any atom is -0.350 e. The van der Waals surface area contributed by atoms with Crippen molar-refractivity contribution in [1.82, 2.24) is 15.3 Å². The maximum absolute atomic E-state index is 11.8. The Morgan fingerprint density at radius 1 is 1.62 bits per heavy atom. The van der Waals surface area contributed by atoms with Gasteiger partial charge in [0.05, 0.1) is 18.6 Å². The molecule has 0 spiro atoms. The first-order valence-corrected chi connectivity index (χ1v) is 6.02. The number of carbonyl (C=O) groups excluding carboxylic acids is 1. The van der Waals surface area contributed by atoms with E-state index in [2.05, 4.69) is 15.3 Å². The largest absolute Gasteiger partial charge is 0.350 e. The van der Waals surface area contributed by atoms with E-state index in [0.717, 1.165) is 23.7 Å². The predicted molar refractivity (Wildman–Crippen MR) is 59.5 cm³/mol. The number of aromatic nitrogens is 2. The quantitative estimate of drug-likeness (QED) is 0.803. The molecule has 0 aliphatic heterocycles. The molecule has 16 heavy (non-hydrogen) atoms. The standard InChI is InChI=1S/C12H17N3O/c1-7-11(15-6-14-7)5-13-12(16)10-4-9(10)8-2-3-8/h6,8-10H,2-5H2,1H3,(H,13,16)(H,14,15). The molecule has 1 amide bonds. The molecule has 4 nitrogen and oxygen atoms in total. The molecule has 0 aromatic carbocycles. The van der Waals surface area contributed by atoms with Crippen LogP contribution >= 0.6 is 0 Å². The molecular formula is C12H17N3O. The lowest BCUT2D eigenvalue weighted by molar-refractivity contribution is -0.122. The van der Waals surface area contributed by atoms with Crippen molar-refractivity contribution in [2.75, 3.05) is 0 Å². The van der Waals surface area contributed by atoms with Gasteiger partial charge < -0.3 is 10.3 Å². The van der Waals surface area contributed by atoms with Crippen LogP contribution in [0.4, 0.5) is 0 Å². The number of hydrogen-bond donors (Lipinski definition) is 2. The van der Waals surface area contributed by atoms with Gasteiger partial charge in [-0.3, -0.25) is 4.79 Å². The summed E-state index contributed by atoms with van der Waals surface area (Å²) in [5, 5.41) is 2.98. The van der Waals surface area contributed by atoms with Gasteiger partial charge in [-0.05, 0) is 38.0 Å². The molecule has 2 saturated carbocycles. The van der Waals surface area contributed by atoms with Crippen molar-refractivity contribution in [3.8, 4) is 0 Å². The summed E-state index contributed by atoms with van der Waals surface area (Å²) in [5.41, 5.74) is 1.98. The summed E-state index contributed by atoms with van der Waals surface area (Å²) in [7, 11) is 0. The van der Waals surface area contributed by atoms with Crippen LogP contribution in [0, 0.1) is 24.7 Å². The van der Waals surface area contributed by atoms with Gasteiger partial charge in [0.2, 0.25) is 5.91 Å². The molecule has 2 N–H and O–H groups in total. The molecule has 0 saturated heterocycles. The fourth-order valence-electron chi connectivity index (χ4n) is 2.43. The molecule has 2 atom stereocenters. The van der Waals surface area contributed by atoms with Crippen LogP contribution in [0.1, 0.15) is 30.7 Å². The second-order valence-electron chi connectivity index (χ2n) is 5.04. The Hall–Kier alpha value is -1.32. The number of amides is 1. The van der Waals surface area contributed by atoms with Crippen molar-refractivity contribution in [1.29, 1.82) is 0 Å². The van der Waals surface area contributed by atoms with E-state index in [-0.39, 0.29) is 5.91 Å². The highest BCUT2D eigenvalue weighted by molar-refractivity contribution is 5.81. The van der Waals surface area contributed by atoms with Gasteiger partial charge in [0.25, 0.3) is 0 Å². The lowest BCUT2D eigenvalue weighted by Crippen LogP contribution is -2.25. The highest BCUT2D eigenvalue weighted by Crippen LogP contribution is 2.54. The topological polar surface area (TPSA) is 57.8 Å². The van der Waals surface area contributed by atoms with Crippen molar-refractivity contribution in [3.63, 3.8) is 0 Å². The number of nitrogens with zero attached hydrogens (tertiary/aromatic N) is 1. The van der Waals surface area contributed by atoms with Crippen LogP contribution in [-0.2, 0) is 11.3 Å². The number of aryl methyl sites for hydroxylation is 1. The van der Waals surface area contributed by atoms with Gasteiger partial charge in [-0.1, -0.05) is 0 Å². The molecule has 2 aliphatic rings. The maximum Gasteiger partial charge on any atom is 0.223 e. The Kier molecular flexibility index (Phi) is 2.23. The average Bonchev–Trinajstić information content (AvgIpc) is 3.13.